The van der Waals surface area contributed by atoms with Crippen molar-refractivity contribution in [3.63, 3.8) is 0 Å². The molecular formula is C22H20N8. The van der Waals surface area contributed by atoms with E-state index in [4.69, 9.17) is 10.4 Å². The molecule has 1 aliphatic heterocycles. The van der Waals surface area contributed by atoms with E-state index in [2.05, 4.69) is 38.1 Å². The number of hydrogen-bond donors (Lipinski definition) is 0. The average Bonchev–Trinajstić information content (AvgIpc) is 3.17. The summed E-state index contributed by atoms with van der Waals surface area (Å²) in [7, 11) is 2.14. The van der Waals surface area contributed by atoms with Crippen LogP contribution in [0.4, 0.5) is 5.82 Å². The molecule has 0 saturated carbocycles. The zero-order valence-corrected chi connectivity index (χ0v) is 16.5. The van der Waals surface area contributed by atoms with Crippen molar-refractivity contribution in [2.45, 2.75) is 12.6 Å². The first-order chi connectivity index (χ1) is 14.7. The van der Waals surface area contributed by atoms with Crippen LogP contribution in [0, 0.1) is 11.3 Å². The third-order valence-electron chi connectivity index (χ3n) is 5.49. The normalized spacial score (nSPS) is 14.1. The second-order valence-corrected chi connectivity index (χ2v) is 7.51. The Morgan fingerprint density at radius 1 is 1.10 bits per heavy atom. The predicted molar refractivity (Wildman–Crippen MR) is 113 cm³/mol. The van der Waals surface area contributed by atoms with Crippen molar-refractivity contribution in [2.24, 2.45) is 0 Å². The molecule has 3 aromatic heterocycles. The number of likely N-dealkylation sites (N-methyl/N-ethyl adjacent to an activating group) is 1. The lowest BCUT2D eigenvalue weighted by atomic mass is 10.1. The van der Waals surface area contributed by atoms with Crippen molar-refractivity contribution in [3.05, 3.63) is 72.1 Å². The monoisotopic (exact) mass is 396 g/mol. The second kappa shape index (κ2) is 7.54. The van der Waals surface area contributed by atoms with Crippen molar-refractivity contribution < 1.29 is 0 Å². The standard InChI is InChI=1S/C22H20N8/c1-28(13-17-6-4-16(11-23)5-7-17)19-14-29(15-19)21-9-8-20-25-26-22(30(20)27-21)18-3-2-10-24-12-18/h2-10,12,19H,13-15H2,1H3. The van der Waals surface area contributed by atoms with Crippen LogP contribution < -0.4 is 4.90 Å². The largest absolute Gasteiger partial charge is 0.352 e. The minimum absolute atomic E-state index is 0.455. The summed E-state index contributed by atoms with van der Waals surface area (Å²) in [6, 6.07) is 18.2. The van der Waals surface area contributed by atoms with Crippen LogP contribution in [0.3, 0.4) is 0 Å². The lowest BCUT2D eigenvalue weighted by molar-refractivity contribution is 0.196. The molecule has 0 bridgehead atoms. The van der Waals surface area contributed by atoms with E-state index in [9.17, 15) is 0 Å². The van der Waals surface area contributed by atoms with Crippen LogP contribution in [-0.2, 0) is 6.54 Å². The summed E-state index contributed by atoms with van der Waals surface area (Å²) in [6.45, 7) is 2.68. The number of pyridine rings is 1. The van der Waals surface area contributed by atoms with E-state index in [0.29, 0.717) is 23.1 Å². The molecule has 8 heteroatoms. The van der Waals surface area contributed by atoms with E-state index in [-0.39, 0.29) is 0 Å². The van der Waals surface area contributed by atoms with E-state index in [1.807, 2.05) is 48.5 Å². The van der Waals surface area contributed by atoms with Gasteiger partial charge in [-0.1, -0.05) is 12.1 Å². The van der Waals surface area contributed by atoms with Crippen LogP contribution in [0.25, 0.3) is 17.0 Å². The van der Waals surface area contributed by atoms with Crippen molar-refractivity contribution in [1.82, 2.24) is 29.7 Å². The van der Waals surface area contributed by atoms with Gasteiger partial charge in [0.05, 0.1) is 11.6 Å². The molecule has 8 nitrogen and oxygen atoms in total. The summed E-state index contributed by atoms with van der Waals surface area (Å²) in [5, 5.41) is 22.2. The van der Waals surface area contributed by atoms with Crippen LogP contribution in [0.2, 0.25) is 0 Å². The third-order valence-corrected chi connectivity index (χ3v) is 5.49. The fraction of sp³-hybridized carbons (Fsp3) is 0.227. The summed E-state index contributed by atoms with van der Waals surface area (Å²) in [5.41, 5.74) is 3.50. The highest BCUT2D eigenvalue weighted by atomic mass is 15.4. The Hall–Kier alpha value is -3.83. The lowest BCUT2D eigenvalue weighted by Gasteiger charge is -2.44. The van der Waals surface area contributed by atoms with Gasteiger partial charge in [-0.2, -0.15) is 9.78 Å². The Balaban J connectivity index is 1.28. The van der Waals surface area contributed by atoms with E-state index in [1.165, 1.54) is 5.56 Å². The molecule has 0 radical (unpaired) electrons. The van der Waals surface area contributed by atoms with Gasteiger partial charge < -0.3 is 4.90 Å². The molecule has 1 saturated heterocycles. The lowest BCUT2D eigenvalue weighted by Crippen LogP contribution is -2.58. The molecule has 1 fully saturated rings. The highest BCUT2D eigenvalue weighted by molar-refractivity contribution is 5.59. The molecule has 0 spiro atoms. The highest BCUT2D eigenvalue weighted by Gasteiger charge is 2.31. The van der Waals surface area contributed by atoms with Gasteiger partial charge in [-0.15, -0.1) is 15.3 Å². The number of nitriles is 1. The van der Waals surface area contributed by atoms with Crippen molar-refractivity contribution in [3.8, 4) is 17.5 Å². The van der Waals surface area contributed by atoms with Crippen LogP contribution in [-0.4, -0.2) is 55.9 Å². The molecule has 0 atom stereocenters. The zero-order valence-electron chi connectivity index (χ0n) is 16.5. The summed E-state index contributed by atoms with van der Waals surface area (Å²) in [5.74, 6) is 1.60. The molecule has 0 amide bonds. The minimum Gasteiger partial charge on any atom is -0.352 e. The first-order valence-corrected chi connectivity index (χ1v) is 9.78. The van der Waals surface area contributed by atoms with E-state index >= 15 is 0 Å². The number of fused-ring (bicyclic) bond motifs is 1. The maximum absolute atomic E-state index is 8.93. The predicted octanol–water partition coefficient (Wildman–Crippen LogP) is 2.38. The van der Waals surface area contributed by atoms with E-state index in [1.54, 1.807) is 16.9 Å². The number of benzene rings is 1. The Morgan fingerprint density at radius 2 is 1.93 bits per heavy atom. The van der Waals surface area contributed by atoms with Gasteiger partial charge >= 0.3 is 0 Å². The molecule has 148 valence electrons. The van der Waals surface area contributed by atoms with Crippen LogP contribution in [0.5, 0.6) is 0 Å². The summed E-state index contributed by atoms with van der Waals surface area (Å²) < 4.78 is 1.78. The maximum Gasteiger partial charge on any atom is 0.187 e. The zero-order chi connectivity index (χ0) is 20.5. The minimum atomic E-state index is 0.455. The fourth-order valence-electron chi connectivity index (χ4n) is 3.65. The smallest absolute Gasteiger partial charge is 0.187 e. The van der Waals surface area contributed by atoms with Crippen molar-refractivity contribution in [2.75, 3.05) is 25.0 Å². The van der Waals surface area contributed by atoms with Crippen LogP contribution in [0.1, 0.15) is 11.1 Å². The Morgan fingerprint density at radius 3 is 2.67 bits per heavy atom. The van der Waals surface area contributed by atoms with Crippen molar-refractivity contribution in [1.29, 1.82) is 5.26 Å². The van der Waals surface area contributed by atoms with Gasteiger partial charge in [-0.25, -0.2) is 0 Å². The van der Waals surface area contributed by atoms with Crippen molar-refractivity contribution >= 4 is 11.5 Å². The van der Waals surface area contributed by atoms with Gasteiger partial charge in [0.25, 0.3) is 0 Å². The molecule has 5 rings (SSSR count). The number of anilines is 1. The molecule has 1 aliphatic rings. The Kier molecular flexibility index (Phi) is 4.58. The van der Waals surface area contributed by atoms with E-state index in [0.717, 1.165) is 31.0 Å². The third kappa shape index (κ3) is 3.36. The summed E-state index contributed by atoms with van der Waals surface area (Å²) in [4.78, 5) is 8.76. The van der Waals surface area contributed by atoms with Gasteiger partial charge in [0.2, 0.25) is 0 Å². The first-order valence-electron chi connectivity index (χ1n) is 9.78. The number of nitrogens with zero attached hydrogens (tertiary/aromatic N) is 8. The van der Waals surface area contributed by atoms with Gasteiger partial charge in [-0.3, -0.25) is 9.88 Å². The highest BCUT2D eigenvalue weighted by Crippen LogP contribution is 2.24. The molecule has 4 heterocycles. The number of aromatic nitrogens is 5. The Bertz CT molecular complexity index is 1200. The number of hydrogen-bond acceptors (Lipinski definition) is 7. The second-order valence-electron chi connectivity index (χ2n) is 7.51. The SMILES string of the molecule is CN(Cc1ccc(C#N)cc1)C1CN(c2ccc3nnc(-c4cccnc4)n3n2)C1. The molecular weight excluding hydrogens is 376 g/mol. The average molecular weight is 396 g/mol. The molecule has 1 aromatic carbocycles. The maximum atomic E-state index is 8.93. The quantitative estimate of drug-likeness (QED) is 0.512. The number of rotatable bonds is 5. The fourth-order valence-corrected chi connectivity index (χ4v) is 3.65. The topological polar surface area (TPSA) is 86.2 Å². The molecule has 30 heavy (non-hydrogen) atoms. The van der Waals surface area contributed by atoms with Gasteiger partial charge in [0.1, 0.15) is 5.82 Å². The molecule has 4 aromatic rings. The summed E-state index contributed by atoms with van der Waals surface area (Å²) >= 11 is 0. The van der Waals surface area contributed by atoms with Gasteiger partial charge in [-0.05, 0) is 49.0 Å². The van der Waals surface area contributed by atoms with Gasteiger partial charge in [0, 0.05) is 43.6 Å². The van der Waals surface area contributed by atoms with Crippen LogP contribution >= 0.6 is 0 Å². The molecule has 0 aliphatic carbocycles. The summed E-state index contributed by atoms with van der Waals surface area (Å²) in [6.07, 6.45) is 3.50. The van der Waals surface area contributed by atoms with E-state index < -0.39 is 0 Å². The molecule has 0 unspecified atom stereocenters. The molecule has 0 N–H and O–H groups in total. The first kappa shape index (κ1) is 18.2. The van der Waals surface area contributed by atoms with Gasteiger partial charge in [0.15, 0.2) is 11.5 Å². The van der Waals surface area contributed by atoms with Crippen LogP contribution in [0.15, 0.2) is 60.9 Å². The Labute approximate surface area is 174 Å².